The first-order valence-electron chi connectivity index (χ1n) is 8.48. The second-order valence-corrected chi connectivity index (χ2v) is 6.74. The fraction of sp³-hybridized carbons (Fsp3) is 0.556. The molecule has 3 amide bonds. The van der Waals surface area contributed by atoms with Crippen LogP contribution >= 0.6 is 0 Å². The number of fused-ring (bicyclic) bond motifs is 2. The highest BCUT2D eigenvalue weighted by Gasteiger charge is 2.46. The van der Waals surface area contributed by atoms with Gasteiger partial charge in [-0.3, -0.25) is 4.79 Å². The maximum absolute atomic E-state index is 12.4. The average Bonchev–Trinajstić information content (AvgIpc) is 2.88. The van der Waals surface area contributed by atoms with E-state index >= 15 is 0 Å². The Labute approximate surface area is 142 Å². The topological polar surface area (TPSA) is 61.9 Å². The number of nitrogens with zero attached hydrogens (tertiary/aromatic N) is 2. The van der Waals surface area contributed by atoms with Crippen LogP contribution in [0.5, 0.6) is 0 Å². The van der Waals surface area contributed by atoms with E-state index in [1.807, 2.05) is 18.2 Å². The molecule has 2 aliphatic rings. The van der Waals surface area contributed by atoms with Crippen LogP contribution in [0.4, 0.5) is 4.79 Å². The molecule has 0 aromatic heterocycles. The number of benzene rings is 1. The summed E-state index contributed by atoms with van der Waals surface area (Å²) in [7, 11) is 3.53. The molecular weight excluding hydrogens is 306 g/mol. The van der Waals surface area contributed by atoms with Crippen molar-refractivity contribution in [3.8, 4) is 0 Å². The van der Waals surface area contributed by atoms with Gasteiger partial charge in [-0.25, -0.2) is 4.79 Å². The van der Waals surface area contributed by atoms with Crippen molar-refractivity contribution in [3.05, 3.63) is 35.9 Å². The molecule has 2 aliphatic heterocycles. The molecule has 2 fully saturated rings. The molecule has 24 heavy (non-hydrogen) atoms. The minimum absolute atomic E-state index is 0.0301. The van der Waals surface area contributed by atoms with Crippen LogP contribution in [-0.4, -0.2) is 67.7 Å². The molecule has 2 bridgehead atoms. The summed E-state index contributed by atoms with van der Waals surface area (Å²) in [6, 6.07) is 10.0. The van der Waals surface area contributed by atoms with Crippen LogP contribution in [0.15, 0.2) is 30.3 Å². The molecule has 130 valence electrons. The molecule has 0 spiro atoms. The van der Waals surface area contributed by atoms with Gasteiger partial charge in [0.2, 0.25) is 5.91 Å². The van der Waals surface area contributed by atoms with Crippen molar-refractivity contribution in [2.45, 2.75) is 25.0 Å². The molecule has 3 atom stereocenters. The number of morpholine rings is 1. The highest BCUT2D eigenvalue weighted by Crippen LogP contribution is 2.32. The van der Waals surface area contributed by atoms with E-state index in [9.17, 15) is 9.59 Å². The quantitative estimate of drug-likeness (QED) is 0.899. The molecule has 2 heterocycles. The third-order valence-corrected chi connectivity index (χ3v) is 4.74. The fourth-order valence-corrected chi connectivity index (χ4v) is 3.49. The highest BCUT2D eigenvalue weighted by atomic mass is 16.5. The van der Waals surface area contributed by atoms with Gasteiger partial charge in [0.1, 0.15) is 0 Å². The van der Waals surface area contributed by atoms with Crippen molar-refractivity contribution in [1.29, 1.82) is 0 Å². The first-order valence-corrected chi connectivity index (χ1v) is 8.48. The summed E-state index contributed by atoms with van der Waals surface area (Å²) < 4.78 is 5.87. The van der Waals surface area contributed by atoms with Gasteiger partial charge in [-0.05, 0) is 18.4 Å². The number of carbonyl (C=O) groups excluding carboxylic acids is 2. The van der Waals surface area contributed by atoms with Gasteiger partial charge in [0.05, 0.1) is 18.1 Å². The molecule has 6 heteroatoms. The number of urea groups is 1. The average molecular weight is 331 g/mol. The molecule has 2 saturated heterocycles. The van der Waals surface area contributed by atoms with E-state index in [-0.39, 0.29) is 30.1 Å². The normalized spacial score (nSPS) is 25.4. The lowest BCUT2D eigenvalue weighted by molar-refractivity contribution is -0.135. The molecular formula is C18H25N3O3. The maximum Gasteiger partial charge on any atom is 0.317 e. The zero-order chi connectivity index (χ0) is 17.1. The lowest BCUT2D eigenvalue weighted by atomic mass is 9.99. The molecule has 1 aromatic rings. The number of hydrogen-bond acceptors (Lipinski definition) is 3. The first kappa shape index (κ1) is 16.8. The van der Waals surface area contributed by atoms with E-state index in [4.69, 9.17) is 4.74 Å². The van der Waals surface area contributed by atoms with Crippen molar-refractivity contribution < 1.29 is 14.3 Å². The molecule has 0 saturated carbocycles. The number of likely N-dealkylation sites (tertiary alicyclic amines) is 1. The van der Waals surface area contributed by atoms with Gasteiger partial charge in [0.25, 0.3) is 0 Å². The Bertz CT molecular complexity index is 590. The Morgan fingerprint density at radius 2 is 2.00 bits per heavy atom. The third kappa shape index (κ3) is 3.70. The van der Waals surface area contributed by atoms with Crippen LogP contribution in [0.3, 0.4) is 0 Å². The van der Waals surface area contributed by atoms with E-state index in [1.54, 1.807) is 23.9 Å². The van der Waals surface area contributed by atoms with E-state index in [2.05, 4.69) is 17.4 Å². The number of hydrogen-bond donors (Lipinski definition) is 1. The van der Waals surface area contributed by atoms with Crippen LogP contribution in [0.2, 0.25) is 0 Å². The molecule has 6 nitrogen and oxygen atoms in total. The van der Waals surface area contributed by atoms with E-state index in [1.165, 1.54) is 5.56 Å². The Hall–Kier alpha value is -2.08. The standard InChI is InChI=1S/C18H25N3O3/c1-20(2)17(22)15-10-14-11-21(12-16(15)24-14)18(23)19-9-8-13-6-4-3-5-7-13/h3-7,14-16H,8-12H2,1-2H3,(H,19,23)/t14-,15-,16+/m0/s1. The molecule has 0 aliphatic carbocycles. The second-order valence-electron chi connectivity index (χ2n) is 6.74. The zero-order valence-corrected chi connectivity index (χ0v) is 14.3. The Morgan fingerprint density at radius 3 is 2.71 bits per heavy atom. The third-order valence-electron chi connectivity index (χ3n) is 4.74. The van der Waals surface area contributed by atoms with Crippen molar-refractivity contribution in [2.75, 3.05) is 33.7 Å². The van der Waals surface area contributed by atoms with E-state index < -0.39 is 0 Å². The number of ether oxygens (including phenoxy) is 1. The summed E-state index contributed by atoms with van der Waals surface area (Å²) in [6.45, 7) is 1.65. The summed E-state index contributed by atoms with van der Waals surface area (Å²) >= 11 is 0. The summed E-state index contributed by atoms with van der Waals surface area (Å²) in [4.78, 5) is 28.0. The van der Waals surface area contributed by atoms with E-state index in [0.29, 0.717) is 26.1 Å². The molecule has 1 aromatic carbocycles. The first-order chi connectivity index (χ1) is 11.5. The fourth-order valence-electron chi connectivity index (χ4n) is 3.49. The van der Waals surface area contributed by atoms with Crippen molar-refractivity contribution >= 4 is 11.9 Å². The van der Waals surface area contributed by atoms with Gasteiger partial charge in [-0.2, -0.15) is 0 Å². The predicted octanol–water partition coefficient (Wildman–Crippen LogP) is 1.12. The molecule has 0 radical (unpaired) electrons. The molecule has 1 N–H and O–H groups in total. The molecule has 0 unspecified atom stereocenters. The van der Waals surface area contributed by atoms with Gasteiger partial charge in [0, 0.05) is 33.7 Å². The summed E-state index contributed by atoms with van der Waals surface area (Å²) in [5, 5.41) is 2.97. The van der Waals surface area contributed by atoms with Crippen LogP contribution < -0.4 is 5.32 Å². The lowest BCUT2D eigenvalue weighted by Gasteiger charge is -2.33. The summed E-state index contributed by atoms with van der Waals surface area (Å²) in [6.07, 6.45) is 1.30. The minimum Gasteiger partial charge on any atom is -0.370 e. The van der Waals surface area contributed by atoms with Crippen molar-refractivity contribution in [1.82, 2.24) is 15.1 Å². The lowest BCUT2D eigenvalue weighted by Crippen LogP contribution is -2.51. The van der Waals surface area contributed by atoms with Crippen LogP contribution in [0.25, 0.3) is 0 Å². The van der Waals surface area contributed by atoms with Gasteiger partial charge >= 0.3 is 6.03 Å². The highest BCUT2D eigenvalue weighted by molar-refractivity contribution is 5.80. The Kier molecular flexibility index (Phi) is 5.04. The smallest absolute Gasteiger partial charge is 0.317 e. The minimum atomic E-state index is -0.182. The summed E-state index contributed by atoms with van der Waals surface area (Å²) in [5.41, 5.74) is 1.21. The number of carbonyl (C=O) groups is 2. The van der Waals surface area contributed by atoms with E-state index in [0.717, 1.165) is 6.42 Å². The molecule has 3 rings (SSSR count). The van der Waals surface area contributed by atoms with Crippen molar-refractivity contribution in [2.24, 2.45) is 5.92 Å². The number of rotatable bonds is 4. The second kappa shape index (κ2) is 7.21. The van der Waals surface area contributed by atoms with Gasteiger partial charge in [0.15, 0.2) is 0 Å². The Morgan fingerprint density at radius 1 is 1.25 bits per heavy atom. The predicted molar refractivity (Wildman–Crippen MR) is 90.6 cm³/mol. The summed E-state index contributed by atoms with van der Waals surface area (Å²) in [5.74, 6) is -0.0408. The number of amides is 3. The van der Waals surface area contributed by atoms with Gasteiger partial charge in [-0.1, -0.05) is 30.3 Å². The van der Waals surface area contributed by atoms with Gasteiger partial charge < -0.3 is 19.9 Å². The van der Waals surface area contributed by atoms with Crippen LogP contribution in [0, 0.1) is 5.92 Å². The zero-order valence-electron chi connectivity index (χ0n) is 14.3. The van der Waals surface area contributed by atoms with Crippen LogP contribution in [-0.2, 0) is 16.0 Å². The number of nitrogens with one attached hydrogen (secondary N) is 1. The van der Waals surface area contributed by atoms with Crippen molar-refractivity contribution in [3.63, 3.8) is 0 Å². The van der Waals surface area contributed by atoms with Crippen LogP contribution in [0.1, 0.15) is 12.0 Å². The largest absolute Gasteiger partial charge is 0.370 e. The van der Waals surface area contributed by atoms with Gasteiger partial charge in [-0.15, -0.1) is 0 Å². The SMILES string of the molecule is CN(C)C(=O)[C@H]1C[C@H]2CN(C(=O)NCCc3ccccc3)C[C@H]1O2. The monoisotopic (exact) mass is 331 g/mol. The maximum atomic E-state index is 12.4. The Balaban J connectivity index is 1.50.